The molecule has 0 radical (unpaired) electrons. The molecule has 4 rings (SSSR count). The maximum absolute atomic E-state index is 13.3. The fraction of sp³-hybridized carbons (Fsp3) is 0.357. The van der Waals surface area contributed by atoms with E-state index in [2.05, 4.69) is 29.4 Å². The third-order valence-corrected chi connectivity index (χ3v) is 6.72. The molecule has 3 heterocycles. The summed E-state index contributed by atoms with van der Waals surface area (Å²) in [6.45, 7) is 8.05. The number of pyridine rings is 1. The molecule has 38 heavy (non-hydrogen) atoms. The molecule has 3 N–H and O–H groups in total. The smallest absolute Gasteiger partial charge is 0.257 e. The fourth-order valence-electron chi connectivity index (χ4n) is 4.22. The van der Waals surface area contributed by atoms with Crippen molar-refractivity contribution in [2.75, 3.05) is 26.2 Å². The van der Waals surface area contributed by atoms with Crippen LogP contribution in [0.15, 0.2) is 68.6 Å². The van der Waals surface area contributed by atoms with E-state index in [0.717, 1.165) is 25.2 Å². The van der Waals surface area contributed by atoms with E-state index in [4.69, 9.17) is 20.4 Å². The Kier molecular flexibility index (Phi) is 9.41. The summed E-state index contributed by atoms with van der Waals surface area (Å²) >= 11 is 5.94. The minimum absolute atomic E-state index is 0.0551. The number of likely N-dealkylation sites (N-methyl/N-ethyl adjacent to an activating group) is 1. The second-order valence-corrected chi connectivity index (χ2v) is 9.43. The van der Waals surface area contributed by atoms with Gasteiger partial charge in [0.15, 0.2) is 0 Å². The number of amides is 1. The zero-order valence-electron chi connectivity index (χ0n) is 21.6. The van der Waals surface area contributed by atoms with E-state index < -0.39 is 17.4 Å². The van der Waals surface area contributed by atoms with Gasteiger partial charge in [-0.1, -0.05) is 37.6 Å². The fourth-order valence-corrected chi connectivity index (χ4v) is 4.35. The Morgan fingerprint density at radius 3 is 2.61 bits per heavy atom. The number of nitrogens with one attached hydrogen (secondary N) is 2. The summed E-state index contributed by atoms with van der Waals surface area (Å²) in [6.07, 6.45) is 2.28. The quantitative estimate of drug-likeness (QED) is 0.235. The summed E-state index contributed by atoms with van der Waals surface area (Å²) < 4.78 is 13.1. The molecule has 0 aliphatic heterocycles. The van der Waals surface area contributed by atoms with E-state index in [1.165, 1.54) is 6.26 Å². The van der Waals surface area contributed by atoms with E-state index in [1.54, 1.807) is 36.5 Å². The van der Waals surface area contributed by atoms with Crippen molar-refractivity contribution < 1.29 is 18.7 Å². The number of aromatic nitrogens is 1. The molecule has 9 nitrogen and oxygen atoms in total. The van der Waals surface area contributed by atoms with Crippen molar-refractivity contribution >= 4 is 28.6 Å². The molecular formula is C28H33ClN4O5. The standard InChI is InChI=1S/C28H33ClN4O5/c1-3-32(4-2)11-12-33-18-23(27(36)31-15-19-7-9-20(29)10-8-19)26(35)22-14-21(38-28(22)33)16-30-17-24(34)25-6-5-13-37-25/h5-10,13-14,18,24,30,34H,3-4,11-12,15-17H2,1-2H3,(H,31,36). The van der Waals surface area contributed by atoms with Crippen LogP contribution in [-0.2, 0) is 19.6 Å². The lowest BCUT2D eigenvalue weighted by Crippen LogP contribution is -2.31. The van der Waals surface area contributed by atoms with Crippen molar-refractivity contribution in [3.05, 3.63) is 92.8 Å². The number of carbonyl (C=O) groups excluding carboxylic acids is 1. The number of nitrogens with zero attached hydrogens (tertiary/aromatic N) is 2. The van der Waals surface area contributed by atoms with Gasteiger partial charge in [0.25, 0.3) is 5.91 Å². The van der Waals surface area contributed by atoms with Crippen molar-refractivity contribution in [1.82, 2.24) is 20.1 Å². The molecule has 4 aromatic rings. The van der Waals surface area contributed by atoms with Crippen molar-refractivity contribution in [2.45, 2.75) is 39.6 Å². The number of aliphatic hydroxyl groups is 1. The van der Waals surface area contributed by atoms with Crippen LogP contribution in [0, 0.1) is 0 Å². The van der Waals surface area contributed by atoms with Gasteiger partial charge in [-0.05, 0) is 49.0 Å². The highest BCUT2D eigenvalue weighted by Gasteiger charge is 2.20. The minimum Gasteiger partial charge on any atom is -0.467 e. The number of rotatable bonds is 13. The van der Waals surface area contributed by atoms with Crippen LogP contribution in [-0.4, -0.2) is 46.7 Å². The first-order chi connectivity index (χ1) is 18.4. The molecule has 0 aliphatic carbocycles. The van der Waals surface area contributed by atoms with Gasteiger partial charge in [0.1, 0.15) is 23.2 Å². The molecule has 0 spiro atoms. The molecule has 1 atom stereocenters. The lowest BCUT2D eigenvalue weighted by atomic mass is 10.1. The maximum atomic E-state index is 13.3. The molecule has 202 valence electrons. The lowest BCUT2D eigenvalue weighted by molar-refractivity contribution is 0.0949. The molecule has 0 saturated carbocycles. The highest BCUT2D eigenvalue weighted by Crippen LogP contribution is 2.19. The van der Waals surface area contributed by atoms with Gasteiger partial charge < -0.3 is 34.0 Å². The molecule has 0 bridgehead atoms. The van der Waals surface area contributed by atoms with Crippen LogP contribution < -0.4 is 16.1 Å². The highest BCUT2D eigenvalue weighted by atomic mass is 35.5. The Balaban J connectivity index is 1.55. The molecule has 0 aliphatic rings. The van der Waals surface area contributed by atoms with Gasteiger partial charge >= 0.3 is 0 Å². The summed E-state index contributed by atoms with van der Waals surface area (Å²) in [5, 5.41) is 17.1. The van der Waals surface area contributed by atoms with Crippen LogP contribution in [0.25, 0.3) is 11.1 Å². The van der Waals surface area contributed by atoms with E-state index >= 15 is 0 Å². The normalized spacial score (nSPS) is 12.3. The second-order valence-electron chi connectivity index (χ2n) is 8.99. The second kappa shape index (κ2) is 12.9. The van der Waals surface area contributed by atoms with Gasteiger partial charge in [0.2, 0.25) is 11.1 Å². The van der Waals surface area contributed by atoms with Crippen LogP contribution >= 0.6 is 11.6 Å². The summed E-state index contributed by atoms with van der Waals surface area (Å²) in [5.74, 6) is 0.539. The number of carbonyl (C=O) groups is 1. The molecule has 1 aromatic carbocycles. The third kappa shape index (κ3) is 6.73. The first-order valence-corrected chi connectivity index (χ1v) is 13.1. The lowest BCUT2D eigenvalue weighted by Gasteiger charge is -2.19. The van der Waals surface area contributed by atoms with E-state index in [1.807, 2.05) is 16.7 Å². The summed E-state index contributed by atoms with van der Waals surface area (Å²) in [6, 6.07) is 12.2. The van der Waals surface area contributed by atoms with Gasteiger partial charge in [0, 0.05) is 37.4 Å². The molecule has 0 saturated heterocycles. The molecule has 1 amide bonds. The highest BCUT2D eigenvalue weighted by molar-refractivity contribution is 6.30. The van der Waals surface area contributed by atoms with Gasteiger partial charge in [-0.2, -0.15) is 0 Å². The molecule has 10 heteroatoms. The topological polar surface area (TPSA) is 113 Å². The van der Waals surface area contributed by atoms with Crippen LogP contribution in [0.1, 0.15) is 47.4 Å². The predicted molar refractivity (Wildman–Crippen MR) is 146 cm³/mol. The molecular weight excluding hydrogens is 508 g/mol. The zero-order valence-corrected chi connectivity index (χ0v) is 22.3. The monoisotopic (exact) mass is 540 g/mol. The van der Waals surface area contributed by atoms with Gasteiger partial charge in [-0.15, -0.1) is 0 Å². The van der Waals surface area contributed by atoms with Gasteiger partial charge in [0.05, 0.1) is 18.2 Å². The number of aliphatic hydroxyl groups excluding tert-OH is 1. The van der Waals surface area contributed by atoms with E-state index in [0.29, 0.717) is 40.7 Å². The van der Waals surface area contributed by atoms with Crippen LogP contribution in [0.3, 0.4) is 0 Å². The Morgan fingerprint density at radius 1 is 1.16 bits per heavy atom. The summed E-state index contributed by atoms with van der Waals surface area (Å²) in [7, 11) is 0. The summed E-state index contributed by atoms with van der Waals surface area (Å²) in [5.41, 5.74) is 0.955. The number of furan rings is 2. The van der Waals surface area contributed by atoms with E-state index in [-0.39, 0.29) is 18.7 Å². The Labute approximate surface area is 226 Å². The molecule has 1 unspecified atom stereocenters. The van der Waals surface area contributed by atoms with Crippen molar-refractivity contribution in [3.63, 3.8) is 0 Å². The number of hydrogen-bond donors (Lipinski definition) is 3. The zero-order chi connectivity index (χ0) is 27.1. The van der Waals surface area contributed by atoms with Gasteiger partial charge in [-0.3, -0.25) is 9.59 Å². The minimum atomic E-state index is -0.806. The average Bonchev–Trinajstić information content (AvgIpc) is 3.61. The Bertz CT molecular complexity index is 1390. The third-order valence-electron chi connectivity index (χ3n) is 6.47. The van der Waals surface area contributed by atoms with Crippen molar-refractivity contribution in [1.29, 1.82) is 0 Å². The van der Waals surface area contributed by atoms with Crippen molar-refractivity contribution in [2.24, 2.45) is 0 Å². The van der Waals surface area contributed by atoms with Crippen molar-refractivity contribution in [3.8, 4) is 0 Å². The predicted octanol–water partition coefficient (Wildman–Crippen LogP) is 3.94. The summed E-state index contributed by atoms with van der Waals surface area (Å²) in [4.78, 5) is 28.7. The Hall–Kier alpha value is -3.37. The number of halogens is 1. The molecule has 0 fully saturated rings. The maximum Gasteiger partial charge on any atom is 0.257 e. The number of hydrogen-bond acceptors (Lipinski definition) is 7. The largest absolute Gasteiger partial charge is 0.467 e. The number of benzene rings is 1. The first-order valence-electron chi connectivity index (χ1n) is 12.7. The van der Waals surface area contributed by atoms with Crippen LogP contribution in [0.5, 0.6) is 0 Å². The van der Waals surface area contributed by atoms with Crippen LogP contribution in [0.2, 0.25) is 5.02 Å². The average molecular weight is 541 g/mol. The van der Waals surface area contributed by atoms with Crippen LogP contribution in [0.4, 0.5) is 0 Å². The SMILES string of the molecule is CCN(CC)CCn1cc(C(=O)NCc2ccc(Cl)cc2)c(=O)c2cc(CNCC(O)c3ccco3)oc21. The Morgan fingerprint density at radius 2 is 1.92 bits per heavy atom. The molecule has 3 aromatic heterocycles. The number of fused-ring (bicyclic) bond motifs is 1. The van der Waals surface area contributed by atoms with Gasteiger partial charge in [-0.25, -0.2) is 0 Å². The van der Waals surface area contributed by atoms with E-state index in [9.17, 15) is 14.7 Å². The first kappa shape index (κ1) is 27.7.